The Kier molecular flexibility index (Phi) is 5.54. The van der Waals surface area contributed by atoms with Gasteiger partial charge in [-0.15, -0.1) is 0 Å². The van der Waals surface area contributed by atoms with Crippen molar-refractivity contribution in [3.63, 3.8) is 0 Å². The molecule has 0 fully saturated rings. The summed E-state index contributed by atoms with van der Waals surface area (Å²) in [5, 5.41) is 10.5. The Bertz CT molecular complexity index is 518. The first kappa shape index (κ1) is 14.7. The van der Waals surface area contributed by atoms with Crippen LogP contribution in [-0.4, -0.2) is 4.92 Å². The molecular formula is C15H17NO3. The van der Waals surface area contributed by atoms with Gasteiger partial charge in [0.25, 0.3) is 5.69 Å². The topological polar surface area (TPSA) is 52.4 Å². The van der Waals surface area contributed by atoms with Crippen LogP contribution in [0.4, 0.5) is 5.69 Å². The van der Waals surface area contributed by atoms with E-state index in [0.717, 1.165) is 5.56 Å². The molecule has 4 heteroatoms. The zero-order valence-electron chi connectivity index (χ0n) is 11.3. The third kappa shape index (κ3) is 4.43. The van der Waals surface area contributed by atoms with Gasteiger partial charge in [-0.2, -0.15) is 0 Å². The Labute approximate surface area is 112 Å². The summed E-state index contributed by atoms with van der Waals surface area (Å²) >= 11 is 0. The molecule has 2 aromatic rings. The molecule has 0 atom stereocenters. The number of non-ortho nitro benzene ring substituents is 1. The Morgan fingerprint density at radius 3 is 1.74 bits per heavy atom. The SMILES string of the molecule is CC.Cc1ccc(Oc2ccc([N+](=O)[O-])cc2)cc1. The van der Waals surface area contributed by atoms with Crippen molar-refractivity contribution in [3.8, 4) is 11.5 Å². The maximum atomic E-state index is 10.5. The maximum absolute atomic E-state index is 10.5. The first-order chi connectivity index (χ1) is 9.15. The van der Waals surface area contributed by atoms with E-state index in [2.05, 4.69) is 0 Å². The van der Waals surface area contributed by atoms with Crippen LogP contribution in [0.3, 0.4) is 0 Å². The zero-order chi connectivity index (χ0) is 14.3. The second-order valence-electron chi connectivity index (χ2n) is 3.67. The summed E-state index contributed by atoms with van der Waals surface area (Å²) in [4.78, 5) is 10.0. The number of aryl methyl sites for hydroxylation is 1. The van der Waals surface area contributed by atoms with E-state index < -0.39 is 4.92 Å². The minimum Gasteiger partial charge on any atom is -0.457 e. The van der Waals surface area contributed by atoms with Crippen molar-refractivity contribution >= 4 is 5.69 Å². The van der Waals surface area contributed by atoms with Crippen LogP contribution in [0.15, 0.2) is 48.5 Å². The van der Waals surface area contributed by atoms with E-state index in [1.807, 2.05) is 45.0 Å². The van der Waals surface area contributed by atoms with Crippen molar-refractivity contribution in [2.45, 2.75) is 20.8 Å². The molecule has 0 saturated carbocycles. The first-order valence-corrected chi connectivity index (χ1v) is 6.14. The van der Waals surface area contributed by atoms with E-state index >= 15 is 0 Å². The predicted molar refractivity (Wildman–Crippen MR) is 75.7 cm³/mol. The predicted octanol–water partition coefficient (Wildman–Crippen LogP) is 4.72. The van der Waals surface area contributed by atoms with Gasteiger partial charge in [0.2, 0.25) is 0 Å². The van der Waals surface area contributed by atoms with Crippen LogP contribution in [0.1, 0.15) is 19.4 Å². The lowest BCUT2D eigenvalue weighted by Gasteiger charge is -2.05. The summed E-state index contributed by atoms with van der Waals surface area (Å²) in [5.41, 5.74) is 1.21. The quantitative estimate of drug-likeness (QED) is 0.591. The molecule has 0 radical (unpaired) electrons. The molecule has 2 rings (SSSR count). The fraction of sp³-hybridized carbons (Fsp3) is 0.200. The number of rotatable bonds is 3. The second-order valence-corrected chi connectivity index (χ2v) is 3.67. The van der Waals surface area contributed by atoms with Crippen LogP contribution in [-0.2, 0) is 0 Å². The molecule has 0 aliphatic carbocycles. The minimum atomic E-state index is -0.435. The number of nitrogens with zero attached hydrogens (tertiary/aromatic N) is 1. The van der Waals surface area contributed by atoms with Gasteiger partial charge in [0.1, 0.15) is 11.5 Å². The summed E-state index contributed by atoms with van der Waals surface area (Å²) in [6, 6.07) is 13.6. The monoisotopic (exact) mass is 259 g/mol. The molecule has 2 aromatic carbocycles. The van der Waals surface area contributed by atoms with Crippen molar-refractivity contribution < 1.29 is 9.66 Å². The summed E-state index contributed by atoms with van der Waals surface area (Å²) < 4.78 is 5.55. The molecule has 0 aromatic heterocycles. The highest BCUT2D eigenvalue weighted by Crippen LogP contribution is 2.23. The maximum Gasteiger partial charge on any atom is 0.269 e. The molecule has 100 valence electrons. The van der Waals surface area contributed by atoms with Gasteiger partial charge in [-0.05, 0) is 31.2 Å². The Morgan fingerprint density at radius 2 is 1.32 bits per heavy atom. The van der Waals surface area contributed by atoms with Gasteiger partial charge in [0.15, 0.2) is 0 Å². The standard InChI is InChI=1S/C13H11NO3.C2H6/c1-10-2-6-12(7-3-10)17-13-8-4-11(5-9-13)14(15)16;1-2/h2-9H,1H3;1-2H3. The minimum absolute atomic E-state index is 0.0567. The second kappa shape index (κ2) is 7.16. The van der Waals surface area contributed by atoms with Crippen LogP contribution in [0.2, 0.25) is 0 Å². The molecule has 0 heterocycles. The highest BCUT2D eigenvalue weighted by molar-refractivity contribution is 5.38. The summed E-state index contributed by atoms with van der Waals surface area (Å²) in [6.45, 7) is 6.00. The Balaban J connectivity index is 0.000000861. The molecular weight excluding hydrogens is 242 g/mol. The van der Waals surface area contributed by atoms with Crippen molar-refractivity contribution in [1.82, 2.24) is 0 Å². The van der Waals surface area contributed by atoms with Crippen LogP contribution >= 0.6 is 0 Å². The first-order valence-electron chi connectivity index (χ1n) is 6.14. The number of hydrogen-bond acceptors (Lipinski definition) is 3. The fourth-order valence-electron chi connectivity index (χ4n) is 1.38. The molecule has 0 aliphatic heterocycles. The smallest absolute Gasteiger partial charge is 0.269 e. The van der Waals surface area contributed by atoms with Crippen molar-refractivity contribution in [2.24, 2.45) is 0 Å². The third-order valence-corrected chi connectivity index (χ3v) is 2.30. The number of ether oxygens (including phenoxy) is 1. The summed E-state index contributed by atoms with van der Waals surface area (Å²) in [7, 11) is 0. The number of nitro benzene ring substituents is 1. The van der Waals surface area contributed by atoms with E-state index in [0.29, 0.717) is 11.5 Å². The van der Waals surface area contributed by atoms with Crippen LogP contribution < -0.4 is 4.74 Å². The van der Waals surface area contributed by atoms with Crippen molar-refractivity contribution in [3.05, 3.63) is 64.2 Å². The molecule has 0 saturated heterocycles. The zero-order valence-corrected chi connectivity index (χ0v) is 11.3. The van der Waals surface area contributed by atoms with Gasteiger partial charge < -0.3 is 4.74 Å². The number of hydrogen-bond donors (Lipinski definition) is 0. The average molecular weight is 259 g/mol. The largest absolute Gasteiger partial charge is 0.457 e. The van der Waals surface area contributed by atoms with Gasteiger partial charge in [-0.25, -0.2) is 0 Å². The lowest BCUT2D eigenvalue weighted by molar-refractivity contribution is -0.384. The molecule has 0 bridgehead atoms. The van der Waals surface area contributed by atoms with Crippen LogP contribution in [0.25, 0.3) is 0 Å². The van der Waals surface area contributed by atoms with Crippen molar-refractivity contribution in [2.75, 3.05) is 0 Å². The van der Waals surface area contributed by atoms with E-state index in [9.17, 15) is 10.1 Å². The van der Waals surface area contributed by atoms with E-state index in [1.165, 1.54) is 12.1 Å². The van der Waals surface area contributed by atoms with Gasteiger partial charge in [0.05, 0.1) is 4.92 Å². The number of nitro groups is 1. The lowest BCUT2D eigenvalue weighted by atomic mass is 10.2. The highest BCUT2D eigenvalue weighted by atomic mass is 16.6. The molecule has 0 aliphatic rings. The lowest BCUT2D eigenvalue weighted by Crippen LogP contribution is -1.88. The normalized spacial score (nSPS) is 9.21. The van der Waals surface area contributed by atoms with E-state index in [4.69, 9.17) is 4.74 Å². The van der Waals surface area contributed by atoms with Gasteiger partial charge in [0, 0.05) is 12.1 Å². The molecule has 0 spiro atoms. The number of benzene rings is 2. The Morgan fingerprint density at radius 1 is 0.895 bits per heavy atom. The average Bonchev–Trinajstić information content (AvgIpc) is 2.44. The molecule has 19 heavy (non-hydrogen) atoms. The van der Waals surface area contributed by atoms with Gasteiger partial charge in [-0.3, -0.25) is 10.1 Å². The van der Waals surface area contributed by atoms with E-state index in [1.54, 1.807) is 12.1 Å². The van der Waals surface area contributed by atoms with Gasteiger partial charge >= 0.3 is 0 Å². The third-order valence-electron chi connectivity index (χ3n) is 2.30. The van der Waals surface area contributed by atoms with Crippen molar-refractivity contribution in [1.29, 1.82) is 0 Å². The van der Waals surface area contributed by atoms with Crippen LogP contribution in [0, 0.1) is 17.0 Å². The fourth-order valence-corrected chi connectivity index (χ4v) is 1.38. The summed E-state index contributed by atoms with van der Waals surface area (Å²) in [6.07, 6.45) is 0. The molecule has 0 amide bonds. The van der Waals surface area contributed by atoms with Crippen LogP contribution in [0.5, 0.6) is 11.5 Å². The summed E-state index contributed by atoms with van der Waals surface area (Å²) in [5.74, 6) is 1.30. The highest BCUT2D eigenvalue weighted by Gasteiger charge is 2.04. The van der Waals surface area contributed by atoms with E-state index in [-0.39, 0.29) is 5.69 Å². The molecule has 4 nitrogen and oxygen atoms in total. The van der Waals surface area contributed by atoms with Gasteiger partial charge in [-0.1, -0.05) is 31.5 Å². The molecule has 0 N–H and O–H groups in total. The molecule has 0 unspecified atom stereocenters. The Hall–Kier alpha value is -2.36.